The van der Waals surface area contributed by atoms with Crippen molar-refractivity contribution in [2.24, 2.45) is 5.73 Å². The molecule has 2 N–H and O–H groups in total. The second-order valence-electron chi connectivity index (χ2n) is 3.25. The summed E-state index contributed by atoms with van der Waals surface area (Å²) >= 11 is 1.56. The zero-order valence-corrected chi connectivity index (χ0v) is 9.71. The van der Waals surface area contributed by atoms with Crippen molar-refractivity contribution in [2.45, 2.75) is 17.9 Å². The van der Waals surface area contributed by atoms with Crippen LogP contribution >= 0.6 is 11.8 Å². The molecular weight excluding hydrogens is 210 g/mol. The summed E-state index contributed by atoms with van der Waals surface area (Å²) < 4.78 is 4.54. The molecule has 0 amide bonds. The number of nitrogens with two attached hydrogens (primary N) is 1. The molecule has 0 saturated carbocycles. The highest BCUT2D eigenvalue weighted by Gasteiger charge is 2.13. The molecule has 0 aliphatic rings. The first-order chi connectivity index (χ1) is 7.13. The van der Waals surface area contributed by atoms with E-state index in [1.54, 1.807) is 11.8 Å². The van der Waals surface area contributed by atoms with Crippen molar-refractivity contribution in [3.8, 4) is 0 Å². The maximum absolute atomic E-state index is 11.0. The number of rotatable bonds is 4. The Morgan fingerprint density at radius 2 is 2.07 bits per heavy atom. The van der Waals surface area contributed by atoms with Gasteiger partial charge in [-0.15, -0.1) is 11.8 Å². The molecule has 0 aliphatic heterocycles. The molecule has 1 aromatic rings. The molecular formula is C11H15NO2S. The van der Waals surface area contributed by atoms with Gasteiger partial charge in [-0.05, 0) is 19.1 Å². The Hall–Kier alpha value is -1.00. The molecule has 4 heteroatoms. The Bertz CT molecular complexity index is 324. The molecule has 15 heavy (non-hydrogen) atoms. The smallest absolute Gasteiger partial charge is 0.323 e. The molecule has 3 nitrogen and oxygen atoms in total. The topological polar surface area (TPSA) is 52.3 Å². The van der Waals surface area contributed by atoms with Crippen LogP contribution in [0.2, 0.25) is 0 Å². The SMILES string of the molecule is COC(=O)C(N)CSc1ccc(C)cc1. The summed E-state index contributed by atoms with van der Waals surface area (Å²) in [5.41, 5.74) is 6.83. The predicted octanol–water partition coefficient (Wildman–Crippen LogP) is 1.59. The molecule has 0 saturated heterocycles. The van der Waals surface area contributed by atoms with Crippen LogP contribution in [0, 0.1) is 6.92 Å². The van der Waals surface area contributed by atoms with Crippen molar-refractivity contribution in [1.82, 2.24) is 0 Å². The van der Waals surface area contributed by atoms with E-state index in [1.165, 1.54) is 12.7 Å². The molecule has 1 rings (SSSR count). The fourth-order valence-corrected chi connectivity index (χ4v) is 1.88. The van der Waals surface area contributed by atoms with Crippen LogP contribution in [0.15, 0.2) is 29.2 Å². The minimum atomic E-state index is -0.554. The van der Waals surface area contributed by atoms with Crippen LogP contribution in [0.4, 0.5) is 0 Å². The average molecular weight is 225 g/mol. The predicted molar refractivity (Wildman–Crippen MR) is 61.9 cm³/mol. The highest BCUT2D eigenvalue weighted by atomic mass is 32.2. The molecule has 0 aromatic heterocycles. The number of methoxy groups -OCH3 is 1. The van der Waals surface area contributed by atoms with Gasteiger partial charge in [0.2, 0.25) is 0 Å². The molecule has 1 aromatic carbocycles. The van der Waals surface area contributed by atoms with Crippen LogP contribution in [-0.4, -0.2) is 24.9 Å². The van der Waals surface area contributed by atoms with Gasteiger partial charge >= 0.3 is 5.97 Å². The Labute approximate surface area is 94.0 Å². The third kappa shape index (κ3) is 3.93. The molecule has 1 unspecified atom stereocenters. The van der Waals surface area contributed by atoms with Crippen molar-refractivity contribution < 1.29 is 9.53 Å². The Balaban J connectivity index is 2.43. The normalized spacial score (nSPS) is 12.2. The van der Waals surface area contributed by atoms with E-state index in [4.69, 9.17) is 5.73 Å². The van der Waals surface area contributed by atoms with Gasteiger partial charge in [-0.1, -0.05) is 17.7 Å². The summed E-state index contributed by atoms with van der Waals surface area (Å²) in [5.74, 6) is 0.171. The van der Waals surface area contributed by atoms with Crippen LogP contribution in [0.5, 0.6) is 0 Å². The van der Waals surface area contributed by atoms with Crippen molar-refractivity contribution in [3.05, 3.63) is 29.8 Å². The molecule has 0 fully saturated rings. The van der Waals surface area contributed by atoms with E-state index >= 15 is 0 Å². The molecule has 0 spiro atoms. The highest BCUT2D eigenvalue weighted by Crippen LogP contribution is 2.18. The Morgan fingerprint density at radius 1 is 1.47 bits per heavy atom. The van der Waals surface area contributed by atoms with Gasteiger partial charge in [-0.2, -0.15) is 0 Å². The molecule has 0 aliphatic carbocycles. The van der Waals surface area contributed by atoms with Gasteiger partial charge in [-0.25, -0.2) is 0 Å². The van der Waals surface area contributed by atoms with E-state index in [2.05, 4.69) is 4.74 Å². The van der Waals surface area contributed by atoms with Crippen molar-refractivity contribution in [1.29, 1.82) is 0 Å². The zero-order valence-electron chi connectivity index (χ0n) is 8.90. The molecule has 82 valence electrons. The number of ether oxygens (including phenoxy) is 1. The number of hydrogen-bond donors (Lipinski definition) is 1. The average Bonchev–Trinajstić information content (AvgIpc) is 2.26. The number of thioether (sulfide) groups is 1. The van der Waals surface area contributed by atoms with E-state index in [0.717, 1.165) is 4.90 Å². The third-order valence-electron chi connectivity index (χ3n) is 1.95. The highest BCUT2D eigenvalue weighted by molar-refractivity contribution is 7.99. The minimum absolute atomic E-state index is 0.366. The lowest BCUT2D eigenvalue weighted by Gasteiger charge is -2.08. The first-order valence-electron chi connectivity index (χ1n) is 4.66. The van der Waals surface area contributed by atoms with Gasteiger partial charge in [0.1, 0.15) is 6.04 Å². The number of carbonyl (C=O) groups excluding carboxylic acids is 1. The summed E-state index contributed by atoms with van der Waals surface area (Å²) in [7, 11) is 1.35. The van der Waals surface area contributed by atoms with E-state index in [9.17, 15) is 4.79 Å². The lowest BCUT2D eigenvalue weighted by molar-refractivity contribution is -0.141. The Morgan fingerprint density at radius 3 is 2.60 bits per heavy atom. The summed E-state index contributed by atoms with van der Waals surface area (Å²) in [6.07, 6.45) is 0. The van der Waals surface area contributed by atoms with Crippen LogP contribution in [-0.2, 0) is 9.53 Å². The van der Waals surface area contributed by atoms with Crippen molar-refractivity contribution in [2.75, 3.05) is 12.9 Å². The van der Waals surface area contributed by atoms with Gasteiger partial charge in [0.05, 0.1) is 7.11 Å². The van der Waals surface area contributed by atoms with Gasteiger partial charge in [0.15, 0.2) is 0 Å². The third-order valence-corrected chi connectivity index (χ3v) is 3.09. The van der Waals surface area contributed by atoms with Crippen molar-refractivity contribution >= 4 is 17.7 Å². The second kappa shape index (κ2) is 5.78. The number of esters is 1. The number of carbonyl (C=O) groups is 1. The lowest BCUT2D eigenvalue weighted by atomic mass is 10.2. The van der Waals surface area contributed by atoms with Crippen LogP contribution in [0.1, 0.15) is 5.56 Å². The Kier molecular flexibility index (Phi) is 4.65. The lowest BCUT2D eigenvalue weighted by Crippen LogP contribution is -2.33. The van der Waals surface area contributed by atoms with E-state index in [-0.39, 0.29) is 5.97 Å². The van der Waals surface area contributed by atoms with Crippen LogP contribution in [0.25, 0.3) is 0 Å². The minimum Gasteiger partial charge on any atom is -0.468 e. The largest absolute Gasteiger partial charge is 0.468 e. The van der Waals surface area contributed by atoms with E-state index in [1.807, 2.05) is 31.2 Å². The fraction of sp³-hybridized carbons (Fsp3) is 0.364. The number of hydrogen-bond acceptors (Lipinski definition) is 4. The number of aryl methyl sites for hydroxylation is 1. The first kappa shape index (κ1) is 12.1. The monoisotopic (exact) mass is 225 g/mol. The second-order valence-corrected chi connectivity index (χ2v) is 4.35. The summed E-state index contributed by atoms with van der Waals surface area (Å²) in [6.45, 7) is 2.04. The van der Waals surface area contributed by atoms with Crippen molar-refractivity contribution in [3.63, 3.8) is 0 Å². The molecule has 0 radical (unpaired) electrons. The maximum atomic E-state index is 11.0. The van der Waals surface area contributed by atoms with E-state index in [0.29, 0.717) is 5.75 Å². The van der Waals surface area contributed by atoms with Crippen LogP contribution < -0.4 is 5.73 Å². The van der Waals surface area contributed by atoms with Gasteiger partial charge in [0, 0.05) is 10.6 Å². The molecule has 1 atom stereocenters. The first-order valence-corrected chi connectivity index (χ1v) is 5.65. The molecule has 0 bridgehead atoms. The standard InChI is InChI=1S/C11H15NO2S/c1-8-3-5-9(6-4-8)15-7-10(12)11(13)14-2/h3-6,10H,7,12H2,1-2H3. The van der Waals surface area contributed by atoms with E-state index < -0.39 is 6.04 Å². The fourth-order valence-electron chi connectivity index (χ4n) is 1.04. The van der Waals surface area contributed by atoms with Gasteiger partial charge in [0.25, 0.3) is 0 Å². The zero-order chi connectivity index (χ0) is 11.3. The summed E-state index contributed by atoms with van der Waals surface area (Å²) in [6, 6.07) is 7.55. The summed E-state index contributed by atoms with van der Waals surface area (Å²) in [5, 5.41) is 0. The van der Waals surface area contributed by atoms with Gasteiger partial charge < -0.3 is 10.5 Å². The maximum Gasteiger partial charge on any atom is 0.323 e. The van der Waals surface area contributed by atoms with Gasteiger partial charge in [-0.3, -0.25) is 4.79 Å². The quantitative estimate of drug-likeness (QED) is 0.624. The summed E-state index contributed by atoms with van der Waals surface area (Å²) in [4.78, 5) is 12.1. The number of benzene rings is 1. The van der Waals surface area contributed by atoms with Crippen LogP contribution in [0.3, 0.4) is 0 Å². The molecule has 0 heterocycles.